The quantitative estimate of drug-likeness (QED) is 0.569. The fourth-order valence-corrected chi connectivity index (χ4v) is 8.56. The molecule has 0 fully saturated rings. The molecule has 0 bridgehead atoms. The smallest absolute Gasteiger partial charge is 0.225 e. The van der Waals surface area contributed by atoms with Gasteiger partial charge in [-0.2, -0.15) is 0 Å². The molecule has 0 aliphatic rings. The number of sulfonamides is 1. The molecule has 0 radical (unpaired) electrons. The zero-order chi connectivity index (χ0) is 11.8. The first kappa shape index (κ1) is 14.3. The fourth-order valence-electron chi connectivity index (χ4n) is 0.951. The molecule has 0 spiro atoms. The number of nitrogens with zero attached hydrogens (tertiary/aromatic N) is 1. The molecule has 0 aromatic carbocycles. The molecule has 0 heterocycles. The van der Waals surface area contributed by atoms with Gasteiger partial charge in [0.1, 0.15) is 0 Å². The Balaban J connectivity index is 4.98. The van der Waals surface area contributed by atoms with Gasteiger partial charge in [0.2, 0.25) is 18.3 Å². The van der Waals surface area contributed by atoms with Crippen molar-refractivity contribution in [3.8, 4) is 0 Å². The zero-order valence-corrected chi connectivity index (χ0v) is 12.9. The van der Waals surface area contributed by atoms with Gasteiger partial charge in [0.25, 0.3) is 0 Å². The molecule has 0 aliphatic carbocycles. The summed E-state index contributed by atoms with van der Waals surface area (Å²) in [4.78, 5) is 0. The standard InChI is InChI=1S/C7H21NO3SSi2/c1-12(9,10)8(13(2,3)4)11-14(5,6)7/h1-7H3. The molecular formula is C7H21NO3SSi2. The molecule has 0 aromatic heterocycles. The van der Waals surface area contributed by atoms with Crippen LogP contribution in [0, 0.1) is 0 Å². The van der Waals surface area contributed by atoms with Crippen molar-refractivity contribution in [1.29, 1.82) is 0 Å². The van der Waals surface area contributed by atoms with E-state index >= 15 is 0 Å². The van der Waals surface area contributed by atoms with Gasteiger partial charge in [0.15, 0.2) is 8.24 Å². The summed E-state index contributed by atoms with van der Waals surface area (Å²) in [6, 6.07) is 0. The third-order valence-electron chi connectivity index (χ3n) is 1.21. The van der Waals surface area contributed by atoms with Crippen LogP contribution in [-0.2, 0) is 14.6 Å². The first-order valence-electron chi connectivity index (χ1n) is 4.53. The van der Waals surface area contributed by atoms with Crippen LogP contribution in [0.25, 0.3) is 0 Å². The minimum absolute atomic E-state index is 1.20. The summed E-state index contributed by atoms with van der Waals surface area (Å²) in [7, 11) is -7.08. The van der Waals surface area contributed by atoms with Crippen LogP contribution in [0.1, 0.15) is 0 Å². The van der Waals surface area contributed by atoms with Crippen molar-refractivity contribution in [1.82, 2.24) is 4.13 Å². The minimum atomic E-state index is -3.25. The molecule has 0 amide bonds. The largest absolute Gasteiger partial charge is 0.337 e. The SMILES string of the molecule is C[Si](C)(C)ON([Si](C)(C)C)S(C)(=O)=O. The molecule has 0 N–H and O–H groups in total. The van der Waals surface area contributed by atoms with Crippen LogP contribution in [0.2, 0.25) is 39.3 Å². The molecule has 0 aliphatic heterocycles. The average Bonchev–Trinajstić information content (AvgIpc) is 1.75. The summed E-state index contributed by atoms with van der Waals surface area (Å²) in [6.45, 7) is 11.8. The van der Waals surface area contributed by atoms with Crippen LogP contribution >= 0.6 is 0 Å². The molecule has 0 rings (SSSR count). The van der Waals surface area contributed by atoms with Gasteiger partial charge in [-0.15, -0.1) is 4.13 Å². The number of rotatable bonds is 4. The molecule has 7 heteroatoms. The first-order valence-corrected chi connectivity index (χ1v) is 13.2. The highest BCUT2D eigenvalue weighted by Gasteiger charge is 2.36. The van der Waals surface area contributed by atoms with Gasteiger partial charge in [-0.05, 0) is 19.6 Å². The maximum Gasteiger partial charge on any atom is 0.225 e. The average molecular weight is 255 g/mol. The lowest BCUT2D eigenvalue weighted by Gasteiger charge is -2.35. The van der Waals surface area contributed by atoms with E-state index in [1.54, 1.807) is 0 Å². The van der Waals surface area contributed by atoms with Crippen LogP contribution in [-0.4, -0.2) is 35.4 Å². The topological polar surface area (TPSA) is 46.6 Å². The highest BCUT2D eigenvalue weighted by atomic mass is 32.2. The van der Waals surface area contributed by atoms with Gasteiger partial charge in [-0.1, -0.05) is 19.6 Å². The molecule has 86 valence electrons. The van der Waals surface area contributed by atoms with Crippen molar-refractivity contribution < 1.29 is 12.9 Å². The maximum absolute atomic E-state index is 11.5. The molecule has 0 atom stereocenters. The Morgan fingerprint density at radius 3 is 1.43 bits per heavy atom. The fraction of sp³-hybridized carbons (Fsp3) is 1.00. The van der Waals surface area contributed by atoms with Crippen LogP contribution in [0.3, 0.4) is 0 Å². The van der Waals surface area contributed by atoms with Crippen molar-refractivity contribution >= 4 is 26.6 Å². The summed E-state index contributed by atoms with van der Waals surface area (Å²) in [6.07, 6.45) is 1.20. The van der Waals surface area contributed by atoms with Crippen molar-refractivity contribution in [3.05, 3.63) is 0 Å². The van der Waals surface area contributed by atoms with E-state index in [-0.39, 0.29) is 0 Å². The summed E-state index contributed by atoms with van der Waals surface area (Å²) in [5, 5.41) is 0. The van der Waals surface area contributed by atoms with E-state index in [1.165, 1.54) is 10.4 Å². The van der Waals surface area contributed by atoms with E-state index in [2.05, 4.69) is 0 Å². The second kappa shape index (κ2) is 4.05. The Kier molecular flexibility index (Phi) is 4.14. The lowest BCUT2D eigenvalue weighted by atomic mass is 11.8. The second-order valence-electron chi connectivity index (χ2n) is 5.36. The third-order valence-corrected chi connectivity index (χ3v) is 6.75. The molecule has 0 saturated heterocycles. The second-order valence-corrected chi connectivity index (χ2v) is 16.6. The first-order chi connectivity index (χ1) is 5.84. The lowest BCUT2D eigenvalue weighted by Crippen LogP contribution is -2.53. The van der Waals surface area contributed by atoms with E-state index in [1.807, 2.05) is 39.3 Å². The van der Waals surface area contributed by atoms with E-state index in [4.69, 9.17) is 4.53 Å². The number of hydrogen-bond acceptors (Lipinski definition) is 3. The Labute approximate surface area is 89.5 Å². The monoisotopic (exact) mass is 255 g/mol. The Morgan fingerprint density at radius 2 is 1.36 bits per heavy atom. The predicted octanol–water partition coefficient (Wildman–Crippen LogP) is 1.85. The van der Waals surface area contributed by atoms with Gasteiger partial charge in [-0.25, -0.2) is 8.42 Å². The Hall–Kier alpha value is 0.304. The van der Waals surface area contributed by atoms with Crippen molar-refractivity contribution in [2.24, 2.45) is 0 Å². The maximum atomic E-state index is 11.5. The van der Waals surface area contributed by atoms with Crippen LogP contribution in [0.15, 0.2) is 0 Å². The third kappa shape index (κ3) is 5.25. The van der Waals surface area contributed by atoms with E-state index in [0.717, 1.165) is 0 Å². The summed E-state index contributed by atoms with van der Waals surface area (Å²) >= 11 is 0. The summed E-state index contributed by atoms with van der Waals surface area (Å²) in [5.41, 5.74) is 0. The van der Waals surface area contributed by atoms with E-state index < -0.39 is 26.6 Å². The highest BCUT2D eigenvalue weighted by molar-refractivity contribution is 7.89. The predicted molar refractivity (Wildman–Crippen MR) is 64.5 cm³/mol. The van der Waals surface area contributed by atoms with Gasteiger partial charge >= 0.3 is 0 Å². The van der Waals surface area contributed by atoms with Crippen LogP contribution in [0.4, 0.5) is 0 Å². The molecule has 14 heavy (non-hydrogen) atoms. The Morgan fingerprint density at radius 1 is 1.00 bits per heavy atom. The van der Waals surface area contributed by atoms with Crippen LogP contribution in [0.5, 0.6) is 0 Å². The van der Waals surface area contributed by atoms with E-state index in [9.17, 15) is 8.42 Å². The molecule has 0 unspecified atom stereocenters. The highest BCUT2D eigenvalue weighted by Crippen LogP contribution is 2.18. The molecular weight excluding hydrogens is 234 g/mol. The van der Waals surface area contributed by atoms with Crippen LogP contribution < -0.4 is 0 Å². The molecule has 4 nitrogen and oxygen atoms in total. The lowest BCUT2D eigenvalue weighted by molar-refractivity contribution is 0.107. The van der Waals surface area contributed by atoms with Crippen molar-refractivity contribution in [2.45, 2.75) is 39.3 Å². The van der Waals surface area contributed by atoms with E-state index in [0.29, 0.717) is 0 Å². The summed E-state index contributed by atoms with van der Waals surface area (Å²) < 4.78 is 29.9. The van der Waals surface area contributed by atoms with Gasteiger partial charge in [0, 0.05) is 0 Å². The number of hydrogen-bond donors (Lipinski definition) is 0. The van der Waals surface area contributed by atoms with Crippen molar-refractivity contribution in [3.63, 3.8) is 0 Å². The van der Waals surface area contributed by atoms with Gasteiger partial charge in [0.05, 0.1) is 6.26 Å². The normalized spacial score (nSPS) is 14.9. The van der Waals surface area contributed by atoms with Crippen molar-refractivity contribution in [2.75, 3.05) is 6.26 Å². The summed E-state index contributed by atoms with van der Waals surface area (Å²) in [5.74, 6) is 0. The molecule has 0 aromatic rings. The van der Waals surface area contributed by atoms with Gasteiger partial charge < -0.3 is 4.53 Å². The zero-order valence-electron chi connectivity index (χ0n) is 10.1. The molecule has 0 saturated carbocycles. The Bertz CT molecular complexity index is 289. The van der Waals surface area contributed by atoms with Gasteiger partial charge in [-0.3, -0.25) is 0 Å². The minimum Gasteiger partial charge on any atom is -0.337 e.